The molecule has 1 aromatic heterocycles. The first-order valence-corrected chi connectivity index (χ1v) is 12.4. The van der Waals surface area contributed by atoms with Crippen molar-refractivity contribution in [2.24, 2.45) is 4.99 Å². The first kappa shape index (κ1) is 21.1. The van der Waals surface area contributed by atoms with Crippen LogP contribution in [-0.2, 0) is 23.1 Å². The van der Waals surface area contributed by atoms with E-state index in [1.807, 2.05) is 6.33 Å². The molecule has 11 heteroatoms. The summed E-state index contributed by atoms with van der Waals surface area (Å²) >= 11 is 0. The van der Waals surface area contributed by atoms with E-state index < -0.39 is 10.0 Å². The Hall–Kier alpha value is -2.79. The van der Waals surface area contributed by atoms with E-state index in [4.69, 9.17) is 9.47 Å². The number of aromatic nitrogens is 2. The van der Waals surface area contributed by atoms with Crippen LogP contribution in [0.5, 0.6) is 11.5 Å². The predicted octanol–water partition coefficient (Wildman–Crippen LogP) is 2.74. The van der Waals surface area contributed by atoms with Crippen molar-refractivity contribution in [2.45, 2.75) is 56.1 Å². The molecule has 1 fully saturated rings. The summed E-state index contributed by atoms with van der Waals surface area (Å²) in [7, 11) is -0.854. The first-order chi connectivity index (χ1) is 15.5. The lowest BCUT2D eigenvalue weighted by atomic mass is 9.95. The largest absolute Gasteiger partial charge is 0.493 e. The van der Waals surface area contributed by atoms with E-state index in [0.717, 1.165) is 24.4 Å². The second-order valence-corrected chi connectivity index (χ2v) is 10.1. The van der Waals surface area contributed by atoms with Crippen molar-refractivity contribution in [2.75, 3.05) is 26.1 Å². The number of anilines is 1. The number of methoxy groups -OCH3 is 2. The Balaban J connectivity index is 1.41. The van der Waals surface area contributed by atoms with E-state index in [-0.39, 0.29) is 4.90 Å². The third kappa shape index (κ3) is 3.58. The van der Waals surface area contributed by atoms with Crippen LogP contribution < -0.4 is 14.8 Å². The Kier molecular flexibility index (Phi) is 5.46. The SMILES string of the molecule is COc1cc2c(cc1OC)S(=O)(=O)N(N1CCn3cnc(NC4CCCCC4)c3C1)C=N2. The molecule has 1 saturated carbocycles. The molecule has 0 amide bonds. The number of sulfonamides is 1. The summed E-state index contributed by atoms with van der Waals surface area (Å²) in [5, 5.41) is 5.38. The fourth-order valence-corrected chi connectivity index (χ4v) is 6.07. The summed E-state index contributed by atoms with van der Waals surface area (Å²) in [5.41, 5.74) is 1.32. The van der Waals surface area contributed by atoms with Gasteiger partial charge in [-0.25, -0.2) is 9.98 Å². The van der Waals surface area contributed by atoms with E-state index in [0.29, 0.717) is 42.9 Å². The van der Waals surface area contributed by atoms with Crippen molar-refractivity contribution < 1.29 is 17.9 Å². The monoisotopic (exact) mass is 460 g/mol. The Morgan fingerprint density at radius 1 is 1.06 bits per heavy atom. The molecule has 0 spiro atoms. The van der Waals surface area contributed by atoms with E-state index in [1.54, 1.807) is 11.1 Å². The minimum Gasteiger partial charge on any atom is -0.493 e. The van der Waals surface area contributed by atoms with Gasteiger partial charge < -0.3 is 19.4 Å². The average Bonchev–Trinajstić information content (AvgIpc) is 3.20. The van der Waals surface area contributed by atoms with Gasteiger partial charge in [0.15, 0.2) is 11.5 Å². The van der Waals surface area contributed by atoms with E-state index in [2.05, 4.69) is 19.9 Å². The van der Waals surface area contributed by atoms with Gasteiger partial charge in [0, 0.05) is 31.3 Å². The number of rotatable bonds is 5. The molecule has 3 aliphatic rings. The molecule has 1 N–H and O–H groups in total. The maximum Gasteiger partial charge on any atom is 0.281 e. The highest BCUT2D eigenvalue weighted by atomic mass is 32.2. The number of benzene rings is 1. The third-order valence-electron chi connectivity index (χ3n) is 6.39. The van der Waals surface area contributed by atoms with Crippen molar-refractivity contribution in [3.8, 4) is 11.5 Å². The molecular formula is C21H28N6O4S. The van der Waals surface area contributed by atoms with E-state index in [9.17, 15) is 8.42 Å². The van der Waals surface area contributed by atoms with Crippen LogP contribution >= 0.6 is 0 Å². The van der Waals surface area contributed by atoms with Gasteiger partial charge in [-0.1, -0.05) is 19.3 Å². The summed E-state index contributed by atoms with van der Waals surface area (Å²) in [6.45, 7) is 1.59. The van der Waals surface area contributed by atoms with Crippen LogP contribution in [0, 0.1) is 0 Å². The summed E-state index contributed by atoms with van der Waals surface area (Å²) in [5.74, 6) is 1.63. The number of hydrazine groups is 1. The zero-order valence-corrected chi connectivity index (χ0v) is 19.1. The highest BCUT2D eigenvalue weighted by Gasteiger charge is 2.36. The molecule has 0 radical (unpaired) electrons. The second kappa shape index (κ2) is 8.28. The first-order valence-electron chi connectivity index (χ1n) is 10.9. The number of nitrogens with zero attached hydrogens (tertiary/aromatic N) is 5. The van der Waals surface area contributed by atoms with Crippen LogP contribution in [0.25, 0.3) is 0 Å². The molecule has 0 saturated heterocycles. The molecule has 5 rings (SSSR count). The number of imidazole rings is 1. The molecule has 2 aromatic rings. The summed E-state index contributed by atoms with van der Waals surface area (Å²) in [6.07, 6.45) is 9.24. The van der Waals surface area contributed by atoms with Gasteiger partial charge in [-0.2, -0.15) is 17.8 Å². The number of hydrogen-bond acceptors (Lipinski definition) is 8. The Morgan fingerprint density at radius 2 is 1.81 bits per heavy atom. The molecule has 10 nitrogen and oxygen atoms in total. The fourth-order valence-electron chi connectivity index (χ4n) is 4.63. The standard InChI is InChI=1S/C21H28N6O4S/c1-30-18-10-16-20(11-19(18)31-2)32(28,29)27(14-22-16)26-9-8-25-13-23-21(17(25)12-26)24-15-6-4-3-5-7-15/h10-11,13-15,24H,3-9,12H2,1-2H3. The highest BCUT2D eigenvalue weighted by molar-refractivity contribution is 7.89. The quantitative estimate of drug-likeness (QED) is 0.732. The minimum atomic E-state index is -3.84. The zero-order valence-electron chi connectivity index (χ0n) is 18.3. The molecule has 1 aliphatic carbocycles. The van der Waals surface area contributed by atoms with Crippen molar-refractivity contribution in [1.29, 1.82) is 0 Å². The van der Waals surface area contributed by atoms with Crippen LogP contribution in [-0.4, -0.2) is 60.5 Å². The van der Waals surface area contributed by atoms with Gasteiger partial charge in [0.2, 0.25) is 0 Å². The zero-order chi connectivity index (χ0) is 22.3. The number of aliphatic imine (C=N–C) groups is 1. The van der Waals surface area contributed by atoms with Crippen molar-refractivity contribution in [3.05, 3.63) is 24.2 Å². The normalized spacial score (nSPS) is 20.5. The molecule has 2 aliphatic heterocycles. The van der Waals surface area contributed by atoms with Gasteiger partial charge in [-0.15, -0.1) is 0 Å². The molecule has 0 bridgehead atoms. The summed E-state index contributed by atoms with van der Waals surface area (Å²) < 4.78 is 40.9. The second-order valence-electron chi connectivity index (χ2n) is 8.30. The van der Waals surface area contributed by atoms with Crippen LogP contribution in [0.4, 0.5) is 11.5 Å². The van der Waals surface area contributed by atoms with Crippen molar-refractivity contribution >= 4 is 27.9 Å². The number of ether oxygens (including phenoxy) is 2. The Morgan fingerprint density at radius 3 is 2.56 bits per heavy atom. The van der Waals surface area contributed by atoms with Crippen molar-refractivity contribution in [1.82, 2.24) is 19.0 Å². The van der Waals surface area contributed by atoms with Crippen molar-refractivity contribution in [3.63, 3.8) is 0 Å². The Labute approximate surface area is 187 Å². The molecule has 172 valence electrons. The number of hydrogen-bond donors (Lipinski definition) is 1. The fraction of sp³-hybridized carbons (Fsp3) is 0.524. The summed E-state index contributed by atoms with van der Waals surface area (Å²) in [4.78, 5) is 9.07. The maximum atomic E-state index is 13.5. The topological polar surface area (TPSA) is 101 Å². The van der Waals surface area contributed by atoms with Gasteiger partial charge in [0.25, 0.3) is 10.0 Å². The average molecular weight is 461 g/mol. The van der Waals surface area contributed by atoms with E-state index in [1.165, 1.54) is 50.3 Å². The van der Waals surface area contributed by atoms with Gasteiger partial charge in [0.1, 0.15) is 17.1 Å². The lowest BCUT2D eigenvalue weighted by Crippen LogP contribution is -2.49. The lowest BCUT2D eigenvalue weighted by Gasteiger charge is -2.37. The number of nitrogens with one attached hydrogen (secondary N) is 1. The van der Waals surface area contributed by atoms with Gasteiger partial charge in [0.05, 0.1) is 38.5 Å². The summed E-state index contributed by atoms with van der Waals surface area (Å²) in [6, 6.07) is 3.47. The maximum absolute atomic E-state index is 13.5. The molecule has 32 heavy (non-hydrogen) atoms. The molecule has 1 aromatic carbocycles. The highest BCUT2D eigenvalue weighted by Crippen LogP contribution is 2.40. The molecule has 0 atom stereocenters. The molecule has 3 heterocycles. The van der Waals surface area contributed by atoms with Gasteiger partial charge in [-0.3, -0.25) is 0 Å². The van der Waals surface area contributed by atoms with E-state index >= 15 is 0 Å². The van der Waals surface area contributed by atoms with Crippen LogP contribution in [0.3, 0.4) is 0 Å². The van der Waals surface area contributed by atoms with Crippen LogP contribution in [0.2, 0.25) is 0 Å². The molecule has 0 unspecified atom stereocenters. The van der Waals surface area contributed by atoms with Crippen LogP contribution in [0.1, 0.15) is 37.8 Å². The third-order valence-corrected chi connectivity index (χ3v) is 8.09. The minimum absolute atomic E-state index is 0.0947. The Bertz CT molecular complexity index is 1140. The van der Waals surface area contributed by atoms with Gasteiger partial charge >= 0.3 is 0 Å². The van der Waals surface area contributed by atoms with Gasteiger partial charge in [-0.05, 0) is 12.8 Å². The molecular weight excluding hydrogens is 432 g/mol. The number of fused-ring (bicyclic) bond motifs is 2. The van der Waals surface area contributed by atoms with Crippen LogP contribution in [0.15, 0.2) is 28.3 Å². The smallest absolute Gasteiger partial charge is 0.281 e. The predicted molar refractivity (Wildman–Crippen MR) is 120 cm³/mol. The lowest BCUT2D eigenvalue weighted by molar-refractivity contribution is 0.0919.